The molecule has 97 heavy (non-hydrogen) atoms. The number of benzene rings is 3. The van der Waals surface area contributed by atoms with Crippen LogP contribution in [0.3, 0.4) is 0 Å². The molecule has 1 saturated heterocycles. The minimum absolute atomic E-state index is 0.00693. The maximum absolute atomic E-state index is 16.1. The molecule has 0 spiro atoms. The highest BCUT2D eigenvalue weighted by molar-refractivity contribution is 8.76. The minimum atomic E-state index is -2.44. The van der Waals surface area contributed by atoms with Crippen LogP contribution in [-0.4, -0.2) is 166 Å². The highest BCUT2D eigenvalue weighted by atomic mass is 33.1. The molecule has 10 N–H and O–H groups in total. The molecule has 7 rings (SSSR count). The number of fused-ring (bicyclic) bond motifs is 5. The first kappa shape index (κ1) is 76.7. The zero-order valence-electron chi connectivity index (χ0n) is 57.1. The summed E-state index contributed by atoms with van der Waals surface area (Å²) in [5.41, 5.74) is 2.22. The van der Waals surface area contributed by atoms with E-state index in [1.807, 2.05) is 0 Å². The zero-order valence-corrected chi connectivity index (χ0v) is 58.7. The van der Waals surface area contributed by atoms with Crippen LogP contribution in [0.1, 0.15) is 154 Å². The Morgan fingerprint density at radius 3 is 1.97 bits per heavy atom. The summed E-state index contributed by atoms with van der Waals surface area (Å²) in [4.78, 5) is 143. The summed E-state index contributed by atoms with van der Waals surface area (Å²) in [7, 11) is 2.36. The normalized spacial score (nSPS) is 25.4. The molecule has 3 aromatic carbocycles. The van der Waals surface area contributed by atoms with Crippen LogP contribution in [0.2, 0.25) is 0 Å². The first-order valence-electron chi connectivity index (χ1n) is 32.6. The Morgan fingerprint density at radius 2 is 1.42 bits per heavy atom. The Bertz CT molecular complexity index is 3440. The SMILES string of the molecule is CCC(CC)(N[C@H](CCCNC(=N)N)C(=O)C(C)(C)N)C(=O)[C@@H](CSSCCOC(=O)O[C@@H](C(=O)O[C@H]1C[C@@]2(O)[C@@H](OC(=O)c3ccccc3)[C@@H]3[C@]4(OC(C)=O)CO[C@@H]4C[C@H](C)[C@@]3(C)C(=O)[C@H](OC(C)=O)C(=C1C)C2(C)C)C(NC(=O)c1ccccc1)c1ccccc1)NC(C)=O. The number of nitrogens with one attached hydrogen (secondary N) is 5. The molecule has 1 aliphatic heterocycles. The molecule has 1 heterocycles. The molecule has 0 radical (unpaired) electrons. The lowest BCUT2D eigenvalue weighted by molar-refractivity contribution is -0.340. The van der Waals surface area contributed by atoms with Gasteiger partial charge in [-0.15, -0.1) is 0 Å². The number of amides is 2. The van der Waals surface area contributed by atoms with Crippen molar-refractivity contribution < 1.29 is 86.2 Å². The van der Waals surface area contributed by atoms with Gasteiger partial charge in [0.1, 0.15) is 36.6 Å². The van der Waals surface area contributed by atoms with E-state index in [2.05, 4.69) is 21.3 Å². The Kier molecular flexibility index (Phi) is 25.2. The van der Waals surface area contributed by atoms with E-state index in [4.69, 9.17) is 50.0 Å². The number of hydrogen-bond donors (Lipinski definition) is 8. The molecular formula is C70H93N7O18S2. The van der Waals surface area contributed by atoms with Gasteiger partial charge in [0.25, 0.3) is 5.91 Å². The van der Waals surface area contributed by atoms with Gasteiger partial charge in [-0.1, -0.05) is 130 Å². The number of aliphatic hydroxyl groups is 1. The molecule has 2 bridgehead atoms. The third-order valence-electron chi connectivity index (χ3n) is 19.6. The lowest BCUT2D eigenvalue weighted by atomic mass is 9.43. The second-order valence-corrected chi connectivity index (χ2v) is 29.3. The molecule has 3 aliphatic carbocycles. The molecule has 1 unspecified atom stereocenters. The molecule has 2 saturated carbocycles. The Labute approximate surface area is 573 Å². The molecule has 0 aromatic heterocycles. The fraction of sp³-hybridized carbons (Fsp3) is 0.557. The second-order valence-electron chi connectivity index (χ2n) is 26.7. The van der Waals surface area contributed by atoms with E-state index in [1.165, 1.54) is 66.6 Å². The van der Waals surface area contributed by atoms with Gasteiger partial charge < -0.3 is 65.7 Å². The van der Waals surface area contributed by atoms with Crippen molar-refractivity contribution in [3.63, 3.8) is 0 Å². The van der Waals surface area contributed by atoms with E-state index in [0.29, 0.717) is 6.42 Å². The third kappa shape index (κ3) is 16.7. The number of nitrogens with two attached hydrogens (primary N) is 2. The minimum Gasteiger partial charge on any atom is -0.455 e. The topological polar surface area (TPSA) is 380 Å². The summed E-state index contributed by atoms with van der Waals surface area (Å²) in [6.45, 7) is 18.1. The van der Waals surface area contributed by atoms with Crippen LogP contribution in [0.4, 0.5) is 4.79 Å². The smallest absolute Gasteiger partial charge is 0.455 e. The van der Waals surface area contributed by atoms with E-state index in [9.17, 15) is 43.5 Å². The number of hydrogen-bond acceptors (Lipinski definition) is 23. The van der Waals surface area contributed by atoms with Gasteiger partial charge in [-0.25, -0.2) is 14.4 Å². The number of ether oxygens (including phenoxy) is 7. The summed E-state index contributed by atoms with van der Waals surface area (Å²) >= 11 is 0. The van der Waals surface area contributed by atoms with E-state index in [0.717, 1.165) is 6.92 Å². The van der Waals surface area contributed by atoms with Crippen LogP contribution in [0.5, 0.6) is 0 Å². The Morgan fingerprint density at radius 1 is 0.814 bits per heavy atom. The van der Waals surface area contributed by atoms with Gasteiger partial charge in [0, 0.05) is 61.6 Å². The average molecular weight is 1380 g/mol. The molecule has 528 valence electrons. The van der Waals surface area contributed by atoms with Gasteiger partial charge in [-0.05, 0) is 99.8 Å². The maximum atomic E-state index is 16.1. The fourth-order valence-electron chi connectivity index (χ4n) is 14.3. The number of rotatable bonds is 30. The first-order valence-corrected chi connectivity index (χ1v) is 35.0. The highest BCUT2D eigenvalue weighted by Crippen LogP contribution is 2.66. The molecule has 13 atom stereocenters. The third-order valence-corrected chi connectivity index (χ3v) is 22.0. The van der Waals surface area contributed by atoms with Crippen molar-refractivity contribution in [3.8, 4) is 0 Å². The molecular weight excluding hydrogens is 1290 g/mol. The summed E-state index contributed by atoms with van der Waals surface area (Å²) in [5, 5.41) is 33.4. The van der Waals surface area contributed by atoms with E-state index in [1.54, 1.807) is 122 Å². The van der Waals surface area contributed by atoms with E-state index < -0.39 is 148 Å². The van der Waals surface area contributed by atoms with Crippen molar-refractivity contribution in [2.24, 2.45) is 34.1 Å². The molecule has 3 aromatic rings. The van der Waals surface area contributed by atoms with E-state index >= 15 is 9.59 Å². The summed E-state index contributed by atoms with van der Waals surface area (Å²) in [6.07, 6.45) is -8.89. The number of guanidine groups is 1. The lowest BCUT2D eigenvalue weighted by Gasteiger charge is -2.68. The molecule has 3 fully saturated rings. The quantitative estimate of drug-likeness (QED) is 0.00653. The fourth-order valence-corrected chi connectivity index (χ4v) is 16.3. The van der Waals surface area contributed by atoms with Crippen molar-refractivity contribution in [1.82, 2.24) is 21.3 Å². The van der Waals surface area contributed by atoms with Gasteiger partial charge in [-0.2, -0.15) is 0 Å². The van der Waals surface area contributed by atoms with Crippen LogP contribution < -0.4 is 32.7 Å². The van der Waals surface area contributed by atoms with Crippen molar-refractivity contribution in [2.45, 2.75) is 193 Å². The van der Waals surface area contributed by atoms with Crippen LogP contribution in [0.15, 0.2) is 102 Å². The Balaban J connectivity index is 1.22. The van der Waals surface area contributed by atoms with Crippen molar-refractivity contribution in [1.29, 1.82) is 5.41 Å². The van der Waals surface area contributed by atoms with Gasteiger partial charge in [-0.3, -0.25) is 44.3 Å². The first-order chi connectivity index (χ1) is 45.6. The maximum Gasteiger partial charge on any atom is 0.509 e. The van der Waals surface area contributed by atoms with Crippen molar-refractivity contribution >= 4 is 86.7 Å². The van der Waals surface area contributed by atoms with Crippen LogP contribution in [-0.2, 0) is 66.7 Å². The van der Waals surface area contributed by atoms with Crippen LogP contribution >= 0.6 is 21.6 Å². The van der Waals surface area contributed by atoms with Gasteiger partial charge in [0.05, 0.1) is 41.2 Å². The predicted octanol–water partition coefficient (Wildman–Crippen LogP) is 6.71. The average Bonchev–Trinajstić information content (AvgIpc) is 0.670. The monoisotopic (exact) mass is 1380 g/mol. The van der Waals surface area contributed by atoms with E-state index in [-0.39, 0.29) is 102 Å². The largest absolute Gasteiger partial charge is 0.509 e. The summed E-state index contributed by atoms with van der Waals surface area (Å²) in [5.74, 6) is -8.68. The summed E-state index contributed by atoms with van der Waals surface area (Å²) < 4.78 is 43.2. The van der Waals surface area contributed by atoms with Crippen LogP contribution in [0.25, 0.3) is 0 Å². The number of esters is 4. The lowest BCUT2D eigenvalue weighted by Crippen LogP contribution is -2.80. The van der Waals surface area contributed by atoms with Crippen LogP contribution in [0, 0.1) is 28.1 Å². The second kappa shape index (κ2) is 31.9. The van der Waals surface area contributed by atoms with Gasteiger partial charge in [0.15, 0.2) is 35.0 Å². The standard InChI is InChI=1S/C70H93N7O18S2/c1-13-68(14-2,77-47(56(81)66(10,11)73)31-24-32-74-63(71)72)57(82)48(75-41(5)78)37-97-96-34-33-89-64(87)93-54(52(44-25-18-15-19-26-44)76-60(84)45-27-20-16-21-28-45)62(86)92-49-36-70(88)59(94-61(85)46-29-22-17-23-30-46)55-67(12,39(3)35-50-69(55,38-90-50)95-43(7)80)58(83)53(91-42(6)79)51(40(49)4)65(70,8)9/h15-23,25-30,39,47-50,52-55,59,77,88H,13-14,24,31-38,73H2,1-12H3,(H,75,78)(H,76,84)(H4,71,72,74)/t39-,47+,48+,49-,50+,52?,53+,54+,55-,59-,67+,69-,70+/m0/s1. The van der Waals surface area contributed by atoms with Crippen molar-refractivity contribution in [2.75, 3.05) is 31.3 Å². The number of Topliss-reactive ketones (excluding diaryl/α,β-unsaturated/α-hetero) is 3. The predicted molar refractivity (Wildman–Crippen MR) is 361 cm³/mol. The zero-order chi connectivity index (χ0) is 71.6. The molecule has 4 aliphatic rings. The molecule has 2 amide bonds. The number of carbonyl (C=O) groups is 10. The van der Waals surface area contributed by atoms with Crippen molar-refractivity contribution in [3.05, 3.63) is 119 Å². The highest BCUT2D eigenvalue weighted by Gasteiger charge is 2.78. The Hall–Kier alpha value is -7.69. The number of carbonyl (C=O) groups excluding carboxylic acids is 10. The number of ketones is 3. The summed E-state index contributed by atoms with van der Waals surface area (Å²) in [6, 6.07) is 20.5. The van der Waals surface area contributed by atoms with Gasteiger partial charge in [0.2, 0.25) is 12.0 Å². The molecule has 25 nitrogen and oxygen atoms in total. The molecule has 27 heteroatoms. The van der Waals surface area contributed by atoms with Gasteiger partial charge >= 0.3 is 30.0 Å².